The van der Waals surface area contributed by atoms with Crippen LogP contribution in [0, 0.1) is 18.7 Å². The van der Waals surface area contributed by atoms with Crippen LogP contribution in [0.5, 0.6) is 0 Å². The Morgan fingerprint density at radius 3 is 2.54 bits per heavy atom. The normalized spacial score (nSPS) is 15.0. The molecule has 0 spiro atoms. The molecule has 1 aromatic carbocycles. The number of piperidine rings is 1. The number of aryl methyl sites for hydroxylation is 1. The first kappa shape index (κ1) is 18.0. The largest absolute Gasteiger partial charge is 0.371 e. The number of hydrogen-bond donors (Lipinski definition) is 1. The van der Waals surface area contributed by atoms with E-state index in [0.717, 1.165) is 5.56 Å². The quantitative estimate of drug-likeness (QED) is 0.852. The molecule has 2 aromatic rings. The van der Waals surface area contributed by atoms with Crippen molar-refractivity contribution in [2.24, 2.45) is 5.92 Å². The molecule has 136 valence electrons. The minimum Gasteiger partial charge on any atom is -0.371 e. The summed E-state index contributed by atoms with van der Waals surface area (Å²) in [7, 11) is 0. The molecule has 0 unspecified atom stereocenters. The number of anilines is 2. The lowest BCUT2D eigenvalue weighted by molar-refractivity contribution is -0.120. The second kappa shape index (κ2) is 7.64. The van der Waals surface area contributed by atoms with Crippen LogP contribution in [0.3, 0.4) is 0 Å². The van der Waals surface area contributed by atoms with Gasteiger partial charge in [0.25, 0.3) is 0 Å². The molecule has 26 heavy (non-hydrogen) atoms. The number of rotatable bonds is 4. The highest BCUT2D eigenvalue weighted by Crippen LogP contribution is 2.29. The van der Waals surface area contributed by atoms with Gasteiger partial charge in [0.1, 0.15) is 11.6 Å². The molecule has 1 fully saturated rings. The fraction of sp³-hybridized carbons (Fsp3) is 0.350. The summed E-state index contributed by atoms with van der Waals surface area (Å²) >= 11 is 0. The third kappa shape index (κ3) is 3.90. The average Bonchev–Trinajstić information content (AvgIpc) is 2.63. The molecule has 1 N–H and O–H groups in total. The molecule has 1 amide bonds. The van der Waals surface area contributed by atoms with Gasteiger partial charge in [0.2, 0.25) is 5.91 Å². The van der Waals surface area contributed by atoms with E-state index in [-0.39, 0.29) is 23.2 Å². The van der Waals surface area contributed by atoms with Crippen LogP contribution in [0.4, 0.5) is 15.9 Å². The summed E-state index contributed by atoms with van der Waals surface area (Å²) in [5.41, 5.74) is 1.77. The lowest BCUT2D eigenvalue weighted by Gasteiger charge is -2.34. The first-order valence-corrected chi connectivity index (χ1v) is 8.73. The molecule has 1 aliphatic rings. The summed E-state index contributed by atoms with van der Waals surface area (Å²) in [4.78, 5) is 30.4. The maximum atomic E-state index is 14.0. The first-order chi connectivity index (χ1) is 12.5. The molecule has 2 heterocycles. The van der Waals surface area contributed by atoms with Crippen LogP contribution in [-0.4, -0.2) is 29.8 Å². The molecule has 1 aliphatic heterocycles. The van der Waals surface area contributed by atoms with Gasteiger partial charge in [-0.25, -0.2) is 9.37 Å². The average molecular weight is 355 g/mol. The van der Waals surface area contributed by atoms with Crippen LogP contribution in [0.25, 0.3) is 0 Å². The zero-order valence-electron chi connectivity index (χ0n) is 15.0. The molecule has 0 radical (unpaired) electrons. The summed E-state index contributed by atoms with van der Waals surface area (Å²) in [5.74, 6) is -0.411. The van der Waals surface area contributed by atoms with Crippen molar-refractivity contribution in [3.8, 4) is 0 Å². The zero-order chi connectivity index (χ0) is 18.7. The summed E-state index contributed by atoms with van der Waals surface area (Å²) in [6.45, 7) is 4.51. The summed E-state index contributed by atoms with van der Waals surface area (Å²) in [5, 5.41) is 2.85. The molecule has 1 aromatic heterocycles. The van der Waals surface area contributed by atoms with Crippen molar-refractivity contribution in [3.63, 3.8) is 0 Å². The van der Waals surface area contributed by atoms with Gasteiger partial charge in [0.15, 0.2) is 5.78 Å². The van der Waals surface area contributed by atoms with E-state index in [1.165, 1.54) is 13.0 Å². The number of nitrogens with one attached hydrogen (secondary N) is 1. The van der Waals surface area contributed by atoms with Crippen molar-refractivity contribution < 1.29 is 14.0 Å². The first-order valence-electron chi connectivity index (χ1n) is 8.73. The number of carbonyl (C=O) groups excluding carboxylic acids is 2. The summed E-state index contributed by atoms with van der Waals surface area (Å²) in [6.07, 6.45) is 3.00. The van der Waals surface area contributed by atoms with Gasteiger partial charge in [0, 0.05) is 25.2 Å². The van der Waals surface area contributed by atoms with Crippen LogP contribution in [0.15, 0.2) is 36.5 Å². The third-order valence-corrected chi connectivity index (χ3v) is 4.71. The van der Waals surface area contributed by atoms with Crippen LogP contribution < -0.4 is 10.2 Å². The van der Waals surface area contributed by atoms with Crippen molar-refractivity contribution in [1.82, 2.24) is 4.98 Å². The van der Waals surface area contributed by atoms with Gasteiger partial charge in [-0.3, -0.25) is 9.59 Å². The van der Waals surface area contributed by atoms with Crippen molar-refractivity contribution in [2.45, 2.75) is 26.7 Å². The van der Waals surface area contributed by atoms with Gasteiger partial charge >= 0.3 is 0 Å². The Balaban J connectivity index is 1.64. The highest BCUT2D eigenvalue weighted by molar-refractivity contribution is 6.00. The van der Waals surface area contributed by atoms with Crippen LogP contribution >= 0.6 is 0 Å². The van der Waals surface area contributed by atoms with Gasteiger partial charge in [-0.05, 0) is 50.5 Å². The number of ketones is 1. The van der Waals surface area contributed by atoms with E-state index in [4.69, 9.17) is 0 Å². The number of carbonyl (C=O) groups is 2. The SMILES string of the molecule is CC(=O)c1c(F)cccc1N1CCC(C(=O)Nc2ccc(C)cn2)CC1. The number of amides is 1. The second-order valence-corrected chi connectivity index (χ2v) is 6.66. The Labute approximate surface area is 152 Å². The van der Waals surface area contributed by atoms with Crippen molar-refractivity contribution in [3.05, 3.63) is 53.5 Å². The Hall–Kier alpha value is -2.76. The van der Waals surface area contributed by atoms with E-state index >= 15 is 0 Å². The standard InChI is InChI=1S/C20H22FN3O2/c1-13-6-7-18(22-12-13)23-20(26)15-8-10-24(11-9-15)17-5-3-4-16(21)19(17)14(2)25/h3-7,12,15H,8-11H2,1-2H3,(H,22,23,26). The van der Waals surface area contributed by atoms with E-state index in [1.54, 1.807) is 24.4 Å². The fourth-order valence-corrected chi connectivity index (χ4v) is 3.28. The molecule has 0 saturated carbocycles. The van der Waals surface area contributed by atoms with Crippen LogP contribution in [0.1, 0.15) is 35.7 Å². The minimum atomic E-state index is -0.500. The smallest absolute Gasteiger partial charge is 0.228 e. The molecule has 0 bridgehead atoms. The molecule has 0 aliphatic carbocycles. The Morgan fingerprint density at radius 2 is 1.92 bits per heavy atom. The highest BCUT2D eigenvalue weighted by Gasteiger charge is 2.27. The molecule has 5 nitrogen and oxygen atoms in total. The van der Waals surface area contributed by atoms with E-state index in [1.807, 2.05) is 17.9 Å². The van der Waals surface area contributed by atoms with E-state index in [2.05, 4.69) is 10.3 Å². The lowest BCUT2D eigenvalue weighted by atomic mass is 9.94. The van der Waals surface area contributed by atoms with Crippen molar-refractivity contribution in [1.29, 1.82) is 0 Å². The monoisotopic (exact) mass is 355 g/mol. The number of hydrogen-bond acceptors (Lipinski definition) is 4. The third-order valence-electron chi connectivity index (χ3n) is 4.71. The van der Waals surface area contributed by atoms with E-state index in [0.29, 0.717) is 37.4 Å². The van der Waals surface area contributed by atoms with Crippen molar-refractivity contribution in [2.75, 3.05) is 23.3 Å². The molecule has 0 atom stereocenters. The van der Waals surface area contributed by atoms with E-state index in [9.17, 15) is 14.0 Å². The number of halogens is 1. The molecule has 1 saturated heterocycles. The Bertz CT molecular complexity index is 812. The topological polar surface area (TPSA) is 62.3 Å². The maximum absolute atomic E-state index is 14.0. The number of Topliss-reactive ketones (excluding diaryl/α,β-unsaturated/α-hetero) is 1. The van der Waals surface area contributed by atoms with Crippen LogP contribution in [-0.2, 0) is 4.79 Å². The van der Waals surface area contributed by atoms with Gasteiger partial charge in [0.05, 0.1) is 11.3 Å². The van der Waals surface area contributed by atoms with Gasteiger partial charge in [-0.15, -0.1) is 0 Å². The van der Waals surface area contributed by atoms with E-state index < -0.39 is 5.82 Å². The number of aromatic nitrogens is 1. The lowest BCUT2D eigenvalue weighted by Crippen LogP contribution is -2.39. The molecule has 3 rings (SSSR count). The summed E-state index contributed by atoms with van der Waals surface area (Å²) < 4.78 is 14.0. The highest BCUT2D eigenvalue weighted by atomic mass is 19.1. The predicted octanol–water partition coefficient (Wildman–Crippen LogP) is 3.59. The molecular weight excluding hydrogens is 333 g/mol. The van der Waals surface area contributed by atoms with Gasteiger partial charge < -0.3 is 10.2 Å². The number of nitrogens with zero attached hydrogens (tertiary/aromatic N) is 2. The zero-order valence-corrected chi connectivity index (χ0v) is 15.0. The molecular formula is C20H22FN3O2. The molecule has 6 heteroatoms. The maximum Gasteiger partial charge on any atom is 0.228 e. The van der Waals surface area contributed by atoms with Crippen LogP contribution in [0.2, 0.25) is 0 Å². The summed E-state index contributed by atoms with van der Waals surface area (Å²) in [6, 6.07) is 8.36. The minimum absolute atomic E-state index is 0.0490. The van der Waals surface area contributed by atoms with Gasteiger partial charge in [-0.2, -0.15) is 0 Å². The number of benzene rings is 1. The second-order valence-electron chi connectivity index (χ2n) is 6.66. The Morgan fingerprint density at radius 1 is 1.19 bits per heavy atom. The number of pyridine rings is 1. The Kier molecular flexibility index (Phi) is 5.30. The fourth-order valence-electron chi connectivity index (χ4n) is 3.28. The predicted molar refractivity (Wildman–Crippen MR) is 98.9 cm³/mol. The van der Waals surface area contributed by atoms with Gasteiger partial charge in [-0.1, -0.05) is 12.1 Å². The van der Waals surface area contributed by atoms with Crippen molar-refractivity contribution >= 4 is 23.2 Å².